The summed E-state index contributed by atoms with van der Waals surface area (Å²) in [7, 11) is 0. The number of hydrogen-bond donors (Lipinski definition) is 1. The standard InChI is InChI=1S/C20H20ClN3O2/c1-3-13-6-5-7-14(4-2)19(13)23-18(25)11-24-12-22-17-9-8-15(21)10-16(17)20(24)26/h5-10,12H,3-4,11H2,1-2H3,(H,23,25). The minimum Gasteiger partial charge on any atom is -0.324 e. The van der Waals surface area contributed by atoms with Crippen LogP contribution in [0.5, 0.6) is 0 Å². The molecule has 5 nitrogen and oxygen atoms in total. The van der Waals surface area contributed by atoms with E-state index in [2.05, 4.69) is 10.3 Å². The fourth-order valence-corrected chi connectivity index (χ4v) is 3.15. The van der Waals surface area contributed by atoms with E-state index >= 15 is 0 Å². The molecule has 6 heteroatoms. The molecule has 0 atom stereocenters. The van der Waals surface area contributed by atoms with Crippen LogP contribution in [0.2, 0.25) is 5.02 Å². The number of halogens is 1. The molecule has 0 aliphatic rings. The summed E-state index contributed by atoms with van der Waals surface area (Å²) in [6, 6.07) is 10.9. The molecule has 0 fully saturated rings. The summed E-state index contributed by atoms with van der Waals surface area (Å²) in [4.78, 5) is 29.4. The largest absolute Gasteiger partial charge is 0.324 e. The number of hydrogen-bond acceptors (Lipinski definition) is 3. The lowest BCUT2D eigenvalue weighted by Gasteiger charge is -2.15. The summed E-state index contributed by atoms with van der Waals surface area (Å²) >= 11 is 5.97. The third kappa shape index (κ3) is 3.63. The third-order valence-electron chi connectivity index (χ3n) is 4.36. The van der Waals surface area contributed by atoms with Crippen LogP contribution in [-0.4, -0.2) is 15.5 Å². The predicted octanol–water partition coefficient (Wildman–Crippen LogP) is 3.81. The molecule has 0 spiro atoms. The Morgan fingerprint density at radius 3 is 2.50 bits per heavy atom. The molecule has 0 saturated carbocycles. The Kier molecular flexibility index (Phi) is 5.38. The van der Waals surface area contributed by atoms with Crippen molar-refractivity contribution in [2.45, 2.75) is 33.2 Å². The number of nitrogens with zero attached hydrogens (tertiary/aromatic N) is 2. The van der Waals surface area contributed by atoms with Gasteiger partial charge in [0.1, 0.15) is 6.54 Å². The normalized spacial score (nSPS) is 10.9. The summed E-state index contributed by atoms with van der Waals surface area (Å²) in [6.45, 7) is 3.99. The van der Waals surface area contributed by atoms with Gasteiger partial charge in [0.15, 0.2) is 0 Å². The predicted molar refractivity (Wildman–Crippen MR) is 105 cm³/mol. The van der Waals surface area contributed by atoms with Crippen LogP contribution >= 0.6 is 11.6 Å². The van der Waals surface area contributed by atoms with Crippen LogP contribution < -0.4 is 10.9 Å². The van der Waals surface area contributed by atoms with Crippen molar-refractivity contribution in [2.24, 2.45) is 0 Å². The summed E-state index contributed by atoms with van der Waals surface area (Å²) in [6.07, 6.45) is 3.03. The van der Waals surface area contributed by atoms with Gasteiger partial charge in [-0.1, -0.05) is 43.6 Å². The zero-order chi connectivity index (χ0) is 18.7. The van der Waals surface area contributed by atoms with Crippen LogP contribution in [0.15, 0.2) is 47.5 Å². The van der Waals surface area contributed by atoms with Crippen molar-refractivity contribution < 1.29 is 4.79 Å². The van der Waals surface area contributed by atoms with Gasteiger partial charge >= 0.3 is 0 Å². The first-order valence-electron chi connectivity index (χ1n) is 8.58. The molecule has 0 bridgehead atoms. The molecule has 0 unspecified atom stereocenters. The molecule has 0 radical (unpaired) electrons. The SMILES string of the molecule is CCc1cccc(CC)c1NC(=O)Cn1cnc2ccc(Cl)cc2c1=O. The van der Waals surface area contributed by atoms with E-state index in [1.807, 2.05) is 32.0 Å². The van der Waals surface area contributed by atoms with E-state index in [9.17, 15) is 9.59 Å². The number of rotatable bonds is 5. The number of fused-ring (bicyclic) bond motifs is 1. The maximum Gasteiger partial charge on any atom is 0.261 e. The molecule has 134 valence electrons. The Balaban J connectivity index is 1.89. The number of para-hydroxylation sites is 1. The van der Waals surface area contributed by atoms with Crippen molar-refractivity contribution in [3.63, 3.8) is 0 Å². The molecule has 3 aromatic rings. The van der Waals surface area contributed by atoms with E-state index in [0.717, 1.165) is 29.7 Å². The van der Waals surface area contributed by atoms with Crippen molar-refractivity contribution in [3.05, 3.63) is 69.2 Å². The van der Waals surface area contributed by atoms with E-state index in [1.54, 1.807) is 18.2 Å². The molecule has 1 aromatic heterocycles. The lowest BCUT2D eigenvalue weighted by Crippen LogP contribution is -2.28. The minimum absolute atomic E-state index is 0.102. The van der Waals surface area contributed by atoms with Crippen LogP contribution in [0.25, 0.3) is 10.9 Å². The number of anilines is 1. The first-order chi connectivity index (χ1) is 12.5. The van der Waals surface area contributed by atoms with Gasteiger partial charge in [-0.2, -0.15) is 0 Å². The topological polar surface area (TPSA) is 64.0 Å². The molecule has 0 aliphatic carbocycles. The second kappa shape index (κ2) is 7.70. The first-order valence-corrected chi connectivity index (χ1v) is 8.96. The van der Waals surface area contributed by atoms with E-state index in [4.69, 9.17) is 11.6 Å². The lowest BCUT2D eigenvalue weighted by atomic mass is 10.0. The molecule has 1 N–H and O–H groups in total. The molecular formula is C20H20ClN3O2. The average Bonchev–Trinajstić information content (AvgIpc) is 2.64. The van der Waals surface area contributed by atoms with E-state index in [-0.39, 0.29) is 18.0 Å². The van der Waals surface area contributed by atoms with Crippen LogP contribution in [0, 0.1) is 0 Å². The average molecular weight is 370 g/mol. The van der Waals surface area contributed by atoms with Gasteiger partial charge in [0.25, 0.3) is 5.56 Å². The molecule has 0 aliphatic heterocycles. The zero-order valence-corrected chi connectivity index (χ0v) is 15.5. The fraction of sp³-hybridized carbons (Fsp3) is 0.250. The summed E-state index contributed by atoms with van der Waals surface area (Å²) in [5.74, 6) is -0.258. The highest BCUT2D eigenvalue weighted by Gasteiger charge is 2.12. The van der Waals surface area contributed by atoms with Crippen molar-refractivity contribution in [1.82, 2.24) is 9.55 Å². The van der Waals surface area contributed by atoms with Crippen molar-refractivity contribution in [1.29, 1.82) is 0 Å². The highest BCUT2D eigenvalue weighted by Crippen LogP contribution is 2.22. The van der Waals surface area contributed by atoms with Crippen LogP contribution in [0.4, 0.5) is 5.69 Å². The summed E-state index contributed by atoms with van der Waals surface area (Å²) < 4.78 is 1.30. The lowest BCUT2D eigenvalue weighted by molar-refractivity contribution is -0.116. The van der Waals surface area contributed by atoms with Gasteiger partial charge in [-0.25, -0.2) is 4.98 Å². The van der Waals surface area contributed by atoms with Crippen molar-refractivity contribution in [3.8, 4) is 0 Å². The molecule has 26 heavy (non-hydrogen) atoms. The zero-order valence-electron chi connectivity index (χ0n) is 14.8. The highest BCUT2D eigenvalue weighted by molar-refractivity contribution is 6.31. The molecule has 0 saturated heterocycles. The van der Waals surface area contributed by atoms with Gasteiger partial charge in [-0.05, 0) is 42.2 Å². The molecule has 2 aromatic carbocycles. The Bertz CT molecular complexity index is 1000. The number of carbonyl (C=O) groups is 1. The van der Waals surface area contributed by atoms with Crippen LogP contribution in [-0.2, 0) is 24.2 Å². The number of amides is 1. The van der Waals surface area contributed by atoms with E-state index < -0.39 is 0 Å². The molecule has 1 amide bonds. The van der Waals surface area contributed by atoms with E-state index in [0.29, 0.717) is 15.9 Å². The highest BCUT2D eigenvalue weighted by atomic mass is 35.5. The Morgan fingerprint density at radius 1 is 1.15 bits per heavy atom. The van der Waals surface area contributed by atoms with Gasteiger partial charge in [0.2, 0.25) is 5.91 Å². The Hall–Kier alpha value is -2.66. The van der Waals surface area contributed by atoms with Crippen LogP contribution in [0.3, 0.4) is 0 Å². The maximum absolute atomic E-state index is 12.6. The molecular weight excluding hydrogens is 350 g/mol. The van der Waals surface area contributed by atoms with Gasteiger partial charge < -0.3 is 5.32 Å². The first kappa shape index (κ1) is 18.1. The number of nitrogens with one attached hydrogen (secondary N) is 1. The number of carbonyl (C=O) groups excluding carboxylic acids is 1. The second-order valence-corrected chi connectivity index (χ2v) is 6.48. The monoisotopic (exact) mass is 369 g/mol. The quantitative estimate of drug-likeness (QED) is 0.743. The number of aromatic nitrogens is 2. The third-order valence-corrected chi connectivity index (χ3v) is 4.60. The second-order valence-electron chi connectivity index (χ2n) is 6.05. The van der Waals surface area contributed by atoms with Crippen molar-refractivity contribution in [2.75, 3.05) is 5.32 Å². The van der Waals surface area contributed by atoms with Crippen LogP contribution in [0.1, 0.15) is 25.0 Å². The van der Waals surface area contributed by atoms with Gasteiger partial charge in [0, 0.05) is 10.7 Å². The summed E-state index contributed by atoms with van der Waals surface area (Å²) in [5, 5.41) is 3.82. The molecule has 3 rings (SSSR count). The van der Waals surface area contributed by atoms with Crippen molar-refractivity contribution >= 4 is 34.1 Å². The number of benzene rings is 2. The van der Waals surface area contributed by atoms with Gasteiger partial charge in [-0.3, -0.25) is 14.2 Å². The fourth-order valence-electron chi connectivity index (χ4n) is 2.98. The Morgan fingerprint density at radius 2 is 1.85 bits per heavy atom. The van der Waals surface area contributed by atoms with Gasteiger partial charge in [-0.15, -0.1) is 0 Å². The van der Waals surface area contributed by atoms with E-state index in [1.165, 1.54) is 10.9 Å². The Labute approximate surface area is 156 Å². The van der Waals surface area contributed by atoms with Gasteiger partial charge in [0.05, 0.1) is 17.2 Å². The molecule has 1 heterocycles. The minimum atomic E-state index is -0.285. The number of aryl methyl sites for hydroxylation is 2. The summed E-state index contributed by atoms with van der Waals surface area (Å²) in [5.41, 5.74) is 3.27. The maximum atomic E-state index is 12.6. The smallest absolute Gasteiger partial charge is 0.261 e.